The molecule has 4 rings (SSSR count). The van der Waals surface area contributed by atoms with Crippen LogP contribution in [0.3, 0.4) is 0 Å². The molecule has 164 valence electrons. The van der Waals surface area contributed by atoms with E-state index in [-0.39, 0.29) is 23.8 Å². The van der Waals surface area contributed by atoms with Crippen molar-refractivity contribution in [3.05, 3.63) is 46.5 Å². The molecular formula is C22H28N6O2S. The number of carbonyl (C=O) groups excluding carboxylic acids is 1. The van der Waals surface area contributed by atoms with Crippen molar-refractivity contribution in [2.24, 2.45) is 11.8 Å². The molecule has 0 aromatic carbocycles. The van der Waals surface area contributed by atoms with Gasteiger partial charge in [-0.3, -0.25) is 14.7 Å². The number of thiazole rings is 1. The lowest BCUT2D eigenvalue weighted by atomic mass is 9.94. The Morgan fingerprint density at radius 3 is 2.77 bits per heavy atom. The molecule has 8 nitrogen and oxygen atoms in total. The molecule has 9 heteroatoms. The van der Waals surface area contributed by atoms with Crippen molar-refractivity contribution in [1.82, 2.24) is 30.3 Å². The van der Waals surface area contributed by atoms with Gasteiger partial charge >= 0.3 is 0 Å². The van der Waals surface area contributed by atoms with Crippen LogP contribution < -0.4 is 5.32 Å². The van der Waals surface area contributed by atoms with Gasteiger partial charge in [-0.1, -0.05) is 19.0 Å². The van der Waals surface area contributed by atoms with Crippen molar-refractivity contribution in [2.45, 2.75) is 46.2 Å². The summed E-state index contributed by atoms with van der Waals surface area (Å²) in [7, 11) is 0. The van der Waals surface area contributed by atoms with E-state index in [1.807, 2.05) is 32.9 Å². The van der Waals surface area contributed by atoms with E-state index < -0.39 is 0 Å². The molecule has 0 aliphatic carbocycles. The summed E-state index contributed by atoms with van der Waals surface area (Å²) >= 11 is 1.68. The zero-order valence-electron chi connectivity index (χ0n) is 18.1. The number of nitrogens with one attached hydrogen (secondary N) is 1. The number of carbonyl (C=O) groups is 1. The Labute approximate surface area is 186 Å². The van der Waals surface area contributed by atoms with Crippen LogP contribution in [-0.2, 0) is 11.3 Å². The number of piperidine rings is 1. The lowest BCUT2D eigenvalue weighted by molar-refractivity contribution is -0.127. The Balaban J connectivity index is 1.35. The number of aromatic nitrogens is 4. The molecule has 1 saturated heterocycles. The first kappa shape index (κ1) is 21.6. The number of pyridine rings is 1. The fourth-order valence-corrected chi connectivity index (χ4v) is 4.43. The second-order valence-corrected chi connectivity index (χ2v) is 9.40. The number of hydrogen-bond acceptors (Lipinski definition) is 8. The number of amides is 1. The van der Waals surface area contributed by atoms with E-state index >= 15 is 0 Å². The van der Waals surface area contributed by atoms with Gasteiger partial charge in [0.2, 0.25) is 17.6 Å². The predicted octanol–water partition coefficient (Wildman–Crippen LogP) is 3.62. The normalized spacial score (nSPS) is 16.5. The molecule has 1 fully saturated rings. The molecule has 0 bridgehead atoms. The summed E-state index contributed by atoms with van der Waals surface area (Å²) in [4.78, 5) is 28.5. The van der Waals surface area contributed by atoms with Crippen LogP contribution >= 0.6 is 11.3 Å². The fourth-order valence-electron chi connectivity index (χ4n) is 3.82. The Morgan fingerprint density at radius 2 is 2.13 bits per heavy atom. The lowest BCUT2D eigenvalue weighted by Crippen LogP contribution is -2.42. The summed E-state index contributed by atoms with van der Waals surface area (Å²) < 4.78 is 5.50. The van der Waals surface area contributed by atoms with Crippen molar-refractivity contribution >= 4 is 17.2 Å². The SMILES string of the molecule is Cc1nc(CN2CCC(C(=O)NC(c3nc(-c4cccnc4)no3)C(C)C)CC2)cs1. The number of aryl methyl sites for hydroxylation is 1. The van der Waals surface area contributed by atoms with Crippen LogP contribution in [-0.4, -0.2) is 44.0 Å². The highest BCUT2D eigenvalue weighted by atomic mass is 32.1. The Hall–Kier alpha value is -2.65. The van der Waals surface area contributed by atoms with Gasteiger partial charge in [-0.25, -0.2) is 4.98 Å². The monoisotopic (exact) mass is 440 g/mol. The maximum atomic E-state index is 13.0. The van der Waals surface area contributed by atoms with E-state index in [2.05, 4.69) is 35.7 Å². The summed E-state index contributed by atoms with van der Waals surface area (Å²) in [5.41, 5.74) is 1.90. The van der Waals surface area contributed by atoms with Gasteiger partial charge in [0.1, 0.15) is 6.04 Å². The summed E-state index contributed by atoms with van der Waals surface area (Å²) in [6.07, 6.45) is 5.07. The molecule has 1 amide bonds. The highest BCUT2D eigenvalue weighted by molar-refractivity contribution is 7.09. The van der Waals surface area contributed by atoms with Crippen LogP contribution in [0.5, 0.6) is 0 Å². The molecule has 1 N–H and O–H groups in total. The van der Waals surface area contributed by atoms with Crippen LogP contribution in [0.1, 0.15) is 49.3 Å². The van der Waals surface area contributed by atoms with Crippen LogP contribution in [0.15, 0.2) is 34.4 Å². The summed E-state index contributed by atoms with van der Waals surface area (Å²) in [6, 6.07) is 3.39. The van der Waals surface area contributed by atoms with Gasteiger partial charge in [0.05, 0.1) is 10.7 Å². The number of rotatable bonds is 7. The molecule has 0 radical (unpaired) electrons. The van der Waals surface area contributed by atoms with Gasteiger partial charge in [-0.15, -0.1) is 11.3 Å². The molecular weight excluding hydrogens is 412 g/mol. The van der Waals surface area contributed by atoms with E-state index in [0.29, 0.717) is 11.7 Å². The smallest absolute Gasteiger partial charge is 0.249 e. The molecule has 3 aromatic rings. The van der Waals surface area contributed by atoms with Crippen molar-refractivity contribution in [2.75, 3.05) is 13.1 Å². The summed E-state index contributed by atoms with van der Waals surface area (Å²) in [5.74, 6) is 1.09. The third-order valence-corrected chi connectivity index (χ3v) is 6.42. The second kappa shape index (κ2) is 9.65. The van der Waals surface area contributed by atoms with E-state index in [4.69, 9.17) is 4.52 Å². The topological polar surface area (TPSA) is 97.0 Å². The molecule has 3 aromatic heterocycles. The minimum absolute atomic E-state index is 0.00427. The average Bonchev–Trinajstić information content (AvgIpc) is 3.42. The maximum Gasteiger partial charge on any atom is 0.249 e. The van der Waals surface area contributed by atoms with Gasteiger partial charge in [0.15, 0.2) is 0 Å². The Morgan fingerprint density at radius 1 is 1.32 bits per heavy atom. The average molecular weight is 441 g/mol. The first-order valence-electron chi connectivity index (χ1n) is 10.7. The van der Waals surface area contributed by atoms with Crippen LogP contribution in [0.4, 0.5) is 0 Å². The highest BCUT2D eigenvalue weighted by Gasteiger charge is 2.30. The zero-order chi connectivity index (χ0) is 21.8. The molecule has 1 atom stereocenters. The molecule has 4 heterocycles. The van der Waals surface area contributed by atoms with E-state index in [1.165, 1.54) is 0 Å². The highest BCUT2D eigenvalue weighted by Crippen LogP contribution is 2.26. The number of hydrogen-bond donors (Lipinski definition) is 1. The molecule has 1 aliphatic rings. The predicted molar refractivity (Wildman–Crippen MR) is 118 cm³/mol. The maximum absolute atomic E-state index is 13.0. The Bertz CT molecular complexity index is 994. The third-order valence-electron chi connectivity index (χ3n) is 5.60. The standard InChI is InChI=1S/C22H28N6O2S/c1-14(2)19(22-26-20(27-30-22)17-5-4-8-23-11-17)25-21(29)16-6-9-28(10-7-16)12-18-13-31-15(3)24-18/h4-5,8,11,13-14,16,19H,6-7,9-10,12H2,1-3H3,(H,25,29). The quantitative estimate of drug-likeness (QED) is 0.599. The van der Waals surface area contributed by atoms with Crippen molar-refractivity contribution in [3.8, 4) is 11.4 Å². The minimum Gasteiger partial charge on any atom is -0.344 e. The van der Waals surface area contributed by atoms with E-state index in [9.17, 15) is 4.79 Å². The molecule has 31 heavy (non-hydrogen) atoms. The lowest BCUT2D eigenvalue weighted by Gasteiger charge is -2.31. The molecule has 0 saturated carbocycles. The second-order valence-electron chi connectivity index (χ2n) is 8.34. The third kappa shape index (κ3) is 5.34. The molecule has 0 spiro atoms. The zero-order valence-corrected chi connectivity index (χ0v) is 18.9. The minimum atomic E-state index is -0.318. The molecule has 1 unspecified atom stereocenters. The van der Waals surface area contributed by atoms with Crippen LogP contribution in [0.2, 0.25) is 0 Å². The van der Waals surface area contributed by atoms with Gasteiger partial charge in [0.25, 0.3) is 0 Å². The van der Waals surface area contributed by atoms with Crippen LogP contribution in [0, 0.1) is 18.8 Å². The van der Waals surface area contributed by atoms with Gasteiger partial charge in [-0.05, 0) is 50.9 Å². The number of nitrogens with zero attached hydrogens (tertiary/aromatic N) is 5. The van der Waals surface area contributed by atoms with Crippen molar-refractivity contribution in [3.63, 3.8) is 0 Å². The van der Waals surface area contributed by atoms with Crippen molar-refractivity contribution in [1.29, 1.82) is 0 Å². The first-order valence-corrected chi connectivity index (χ1v) is 11.6. The van der Waals surface area contributed by atoms with Gasteiger partial charge in [-0.2, -0.15) is 4.98 Å². The largest absolute Gasteiger partial charge is 0.344 e. The van der Waals surface area contributed by atoms with E-state index in [1.54, 1.807) is 23.7 Å². The van der Waals surface area contributed by atoms with Gasteiger partial charge in [0, 0.05) is 35.8 Å². The first-order chi connectivity index (χ1) is 15.0. The Kier molecular flexibility index (Phi) is 6.72. The molecule has 1 aliphatic heterocycles. The fraction of sp³-hybridized carbons (Fsp3) is 0.500. The van der Waals surface area contributed by atoms with Gasteiger partial charge < -0.3 is 9.84 Å². The van der Waals surface area contributed by atoms with Crippen molar-refractivity contribution < 1.29 is 9.32 Å². The van der Waals surface area contributed by atoms with Crippen LogP contribution in [0.25, 0.3) is 11.4 Å². The number of likely N-dealkylation sites (tertiary alicyclic amines) is 1. The van der Waals surface area contributed by atoms with E-state index in [0.717, 1.165) is 48.7 Å². The summed E-state index contributed by atoms with van der Waals surface area (Å²) in [5, 5.41) is 10.4. The summed E-state index contributed by atoms with van der Waals surface area (Å²) in [6.45, 7) is 8.75.